The van der Waals surface area contributed by atoms with Gasteiger partial charge in [0, 0.05) is 11.8 Å². The summed E-state index contributed by atoms with van der Waals surface area (Å²) in [7, 11) is 0. The summed E-state index contributed by atoms with van der Waals surface area (Å²) >= 11 is 0. The van der Waals surface area contributed by atoms with E-state index in [1.54, 1.807) is 18.5 Å². The van der Waals surface area contributed by atoms with Crippen molar-refractivity contribution in [3.05, 3.63) is 48.0 Å². The lowest BCUT2D eigenvalue weighted by molar-refractivity contribution is -0.155. The number of rotatable bonds is 20. The number of hydrogen-bond donors (Lipinski definition) is 5. The van der Waals surface area contributed by atoms with Crippen LogP contribution in [0.3, 0.4) is 0 Å². The molecule has 0 spiro atoms. The van der Waals surface area contributed by atoms with E-state index in [0.717, 1.165) is 49.2 Å². The number of carbonyl (C=O) groups excluding carboxylic acids is 1. The number of carbonyl (C=O) groups is 2. The Kier molecular flexibility index (Phi) is 16.7. The van der Waals surface area contributed by atoms with Gasteiger partial charge >= 0.3 is 11.9 Å². The average Bonchev–Trinajstić information content (AvgIpc) is 4.02. The Bertz CT molecular complexity index is 1670. The highest BCUT2D eigenvalue weighted by Gasteiger charge is 2.27. The van der Waals surface area contributed by atoms with E-state index in [1.165, 1.54) is 77.0 Å². The number of nitrogens with zero attached hydrogens (tertiary/aromatic N) is 6. The van der Waals surface area contributed by atoms with Crippen LogP contribution in [0.2, 0.25) is 0 Å². The van der Waals surface area contributed by atoms with Crippen LogP contribution < -0.4 is 10.6 Å². The van der Waals surface area contributed by atoms with Gasteiger partial charge in [-0.25, -0.2) is 0 Å². The fraction of sp³-hybridized carbons (Fsp3) is 0.700. The molecule has 4 heterocycles. The van der Waals surface area contributed by atoms with Crippen molar-refractivity contribution in [2.45, 2.75) is 167 Å². The van der Waals surface area contributed by atoms with Crippen molar-refractivity contribution in [3.8, 4) is 0 Å². The van der Waals surface area contributed by atoms with E-state index in [-0.39, 0.29) is 30.6 Å². The van der Waals surface area contributed by atoms with Crippen LogP contribution in [-0.4, -0.2) is 63.3 Å². The molecule has 308 valence electrons. The van der Waals surface area contributed by atoms with Crippen molar-refractivity contribution >= 4 is 23.6 Å². The molecule has 0 bridgehead atoms. The maximum Gasteiger partial charge on any atom is 0.307 e. The lowest BCUT2D eigenvalue weighted by Crippen LogP contribution is -2.25. The van der Waals surface area contributed by atoms with Crippen LogP contribution in [0.5, 0.6) is 0 Å². The zero-order valence-electron chi connectivity index (χ0n) is 33.4. The Morgan fingerprint density at radius 1 is 0.768 bits per heavy atom. The number of anilines is 2. The predicted octanol–water partition coefficient (Wildman–Crippen LogP) is 8.68. The van der Waals surface area contributed by atoms with Crippen molar-refractivity contribution < 1.29 is 28.5 Å². The van der Waals surface area contributed by atoms with E-state index in [4.69, 9.17) is 13.8 Å². The van der Waals surface area contributed by atoms with Gasteiger partial charge in [0.05, 0.1) is 38.3 Å². The summed E-state index contributed by atoms with van der Waals surface area (Å²) < 4.78 is 16.4. The van der Waals surface area contributed by atoms with Crippen LogP contribution in [0, 0.1) is 11.8 Å². The van der Waals surface area contributed by atoms with E-state index in [0.29, 0.717) is 36.5 Å². The van der Waals surface area contributed by atoms with Crippen molar-refractivity contribution in [2.24, 2.45) is 11.8 Å². The van der Waals surface area contributed by atoms with E-state index < -0.39 is 11.6 Å². The van der Waals surface area contributed by atoms with Crippen molar-refractivity contribution in [3.63, 3.8) is 0 Å². The molecule has 2 fully saturated rings. The fourth-order valence-corrected chi connectivity index (χ4v) is 7.75. The molecule has 5 N–H and O–H groups in total. The second kappa shape index (κ2) is 22.1. The van der Waals surface area contributed by atoms with Crippen LogP contribution in [0.1, 0.15) is 172 Å². The lowest BCUT2D eigenvalue weighted by atomic mass is 9.84. The average molecular weight is 779 g/mol. The number of nitrogens with one attached hydrogen (secondary N) is 4. The number of aromatic amines is 2. The molecule has 0 aliphatic heterocycles. The van der Waals surface area contributed by atoms with Crippen LogP contribution >= 0.6 is 0 Å². The third-order valence-electron chi connectivity index (χ3n) is 10.6. The Morgan fingerprint density at radius 2 is 1.23 bits per heavy atom. The van der Waals surface area contributed by atoms with Gasteiger partial charge in [-0.05, 0) is 57.6 Å². The van der Waals surface area contributed by atoms with E-state index in [9.17, 15) is 14.7 Å². The highest BCUT2D eigenvalue weighted by atomic mass is 16.6. The third kappa shape index (κ3) is 15.4. The zero-order valence-corrected chi connectivity index (χ0v) is 33.4. The zero-order chi connectivity index (χ0) is 39.6. The van der Waals surface area contributed by atoms with Gasteiger partial charge in [-0.1, -0.05) is 100 Å². The number of carboxylic acid groups (broad SMARTS) is 1. The molecule has 4 aromatic heterocycles. The molecular weight excluding hydrogens is 717 g/mol. The fourth-order valence-electron chi connectivity index (χ4n) is 7.75. The van der Waals surface area contributed by atoms with Crippen molar-refractivity contribution in [1.29, 1.82) is 0 Å². The Labute approximate surface area is 329 Å². The minimum atomic E-state index is -0.831. The van der Waals surface area contributed by atoms with Crippen molar-refractivity contribution in [1.82, 2.24) is 40.7 Å². The molecular formula is C40H62N10O6. The molecule has 16 heteroatoms. The molecule has 16 nitrogen and oxygen atoms in total. The number of carboxylic acids is 1. The lowest BCUT2D eigenvalue weighted by Gasteiger charge is -2.23. The number of esters is 1. The quantitative estimate of drug-likeness (QED) is 0.0530. The summed E-state index contributed by atoms with van der Waals surface area (Å²) in [4.78, 5) is 32.6. The standard InChI is InChI=1S/C22H35N5O3.C18H27N5O3/c1-22(2,3)29-20(28)14-17(11-7-10-16-8-5-4-6-9-16)21-25-19(27-30-21)15-23-18-12-13-24-26-18;24-17(25)11-14(8-4-7-13-5-2-1-3-6-13)18-21-16(23-26-18)12-19-15-9-10-20-22-15/h12-13,16-17H,4-11,14-15H2,1-3H3,(H2,23,24,26);9-10,13-14H,1-8,11-12H2,(H,24,25)(H2,19,20,22)/t17-;14-/m11/s1. The molecule has 0 unspecified atom stereocenters. The molecule has 0 saturated heterocycles. The number of aliphatic carboxylic acids is 1. The first-order valence-electron chi connectivity index (χ1n) is 20.6. The monoisotopic (exact) mass is 778 g/mol. The van der Waals surface area contributed by atoms with Gasteiger partial charge in [-0.15, -0.1) is 0 Å². The largest absolute Gasteiger partial charge is 0.481 e. The maximum absolute atomic E-state index is 12.5. The first kappa shape index (κ1) is 42.4. The molecule has 0 amide bonds. The Morgan fingerprint density at radius 3 is 1.64 bits per heavy atom. The summed E-state index contributed by atoms with van der Waals surface area (Å²) in [5.41, 5.74) is -0.502. The number of H-pyrrole nitrogens is 2. The SMILES string of the molecule is CC(C)(C)OC(=O)C[C@@H](CCCC1CCCCC1)c1nc(CNc2ccn[nH]2)no1.O=C(O)C[C@@H](CCCC1CCCCC1)c1nc(CNc2ccn[nH]2)no1. The smallest absolute Gasteiger partial charge is 0.307 e. The minimum Gasteiger partial charge on any atom is -0.481 e. The Balaban J connectivity index is 0.000000216. The molecule has 2 aliphatic rings. The summed E-state index contributed by atoms with van der Waals surface area (Å²) in [6.07, 6.45) is 23.1. The second-order valence-electron chi connectivity index (χ2n) is 16.4. The van der Waals surface area contributed by atoms with Gasteiger partial charge in [0.15, 0.2) is 11.6 Å². The molecule has 2 aliphatic carbocycles. The van der Waals surface area contributed by atoms with Crippen LogP contribution in [-0.2, 0) is 27.4 Å². The van der Waals surface area contributed by atoms with Crippen LogP contribution in [0.15, 0.2) is 33.6 Å². The van der Waals surface area contributed by atoms with Gasteiger partial charge in [-0.3, -0.25) is 19.8 Å². The predicted molar refractivity (Wildman–Crippen MR) is 209 cm³/mol. The second-order valence-corrected chi connectivity index (χ2v) is 16.4. The van der Waals surface area contributed by atoms with E-state index >= 15 is 0 Å². The van der Waals surface area contributed by atoms with Crippen LogP contribution in [0.25, 0.3) is 0 Å². The van der Waals surface area contributed by atoms with Gasteiger partial charge in [0.25, 0.3) is 0 Å². The first-order chi connectivity index (χ1) is 27.1. The molecule has 2 saturated carbocycles. The summed E-state index contributed by atoms with van der Waals surface area (Å²) in [5, 5.41) is 36.9. The third-order valence-corrected chi connectivity index (χ3v) is 10.6. The number of hydrogen-bond acceptors (Lipinski definition) is 13. The van der Waals surface area contributed by atoms with Gasteiger partial charge < -0.3 is 29.5 Å². The summed E-state index contributed by atoms with van der Waals surface area (Å²) in [6, 6.07) is 3.64. The van der Waals surface area contributed by atoms with E-state index in [1.807, 2.05) is 26.8 Å². The van der Waals surface area contributed by atoms with Gasteiger partial charge in [0.1, 0.15) is 17.2 Å². The summed E-state index contributed by atoms with van der Waals surface area (Å²) in [6.45, 7) is 6.47. The van der Waals surface area contributed by atoms with Gasteiger partial charge in [-0.2, -0.15) is 20.2 Å². The first-order valence-corrected chi connectivity index (χ1v) is 20.6. The Hall–Kier alpha value is -4.76. The molecule has 56 heavy (non-hydrogen) atoms. The van der Waals surface area contributed by atoms with E-state index in [2.05, 4.69) is 51.3 Å². The van der Waals surface area contributed by atoms with Crippen molar-refractivity contribution in [2.75, 3.05) is 10.6 Å². The molecule has 4 aromatic rings. The summed E-state index contributed by atoms with van der Waals surface area (Å²) in [5.74, 6) is 3.81. The molecule has 0 radical (unpaired) electrons. The minimum absolute atomic E-state index is 0.0281. The normalized spacial score (nSPS) is 16.4. The van der Waals surface area contributed by atoms with Crippen LogP contribution in [0.4, 0.5) is 11.6 Å². The maximum atomic E-state index is 12.5. The topological polar surface area (TPSA) is 223 Å². The van der Waals surface area contributed by atoms with Gasteiger partial charge in [0.2, 0.25) is 11.8 Å². The highest BCUT2D eigenvalue weighted by Crippen LogP contribution is 2.33. The highest BCUT2D eigenvalue weighted by molar-refractivity contribution is 5.70. The molecule has 2 atom stereocenters. The number of aromatic nitrogens is 8. The number of ether oxygens (including phenoxy) is 1. The molecule has 6 rings (SSSR count). The molecule has 0 aromatic carbocycles.